The van der Waals surface area contributed by atoms with Gasteiger partial charge < -0.3 is 10.1 Å². The summed E-state index contributed by atoms with van der Waals surface area (Å²) < 4.78 is 4.61. The molecule has 9 nitrogen and oxygen atoms in total. The Morgan fingerprint density at radius 3 is 2.85 bits per heavy atom. The number of carbonyl (C=O) groups excluding carboxylic acids is 3. The summed E-state index contributed by atoms with van der Waals surface area (Å²) in [7, 11) is 1.18. The van der Waals surface area contributed by atoms with Crippen molar-refractivity contribution in [2.45, 2.75) is 18.3 Å². The Balaban J connectivity index is 2.34. The van der Waals surface area contributed by atoms with Gasteiger partial charge in [-0.05, 0) is 5.53 Å². The highest BCUT2D eigenvalue weighted by Gasteiger charge is 2.54. The molecule has 0 saturated carbocycles. The molecule has 2 amide bonds. The van der Waals surface area contributed by atoms with Crippen LogP contribution in [0.4, 0.5) is 0 Å². The van der Waals surface area contributed by atoms with Crippen LogP contribution in [0.2, 0.25) is 0 Å². The maximum atomic E-state index is 12.0. The van der Waals surface area contributed by atoms with Gasteiger partial charge in [0.05, 0.1) is 12.8 Å². The van der Waals surface area contributed by atoms with E-state index in [0.29, 0.717) is 0 Å². The lowest BCUT2D eigenvalue weighted by molar-refractivity contribution is -0.151. The minimum Gasteiger partial charge on any atom is -0.464 e. The average molecular weight is 297 g/mol. The molecule has 1 saturated heterocycles. The highest BCUT2D eigenvalue weighted by Crippen LogP contribution is 2.40. The van der Waals surface area contributed by atoms with Crippen molar-refractivity contribution in [3.8, 4) is 0 Å². The number of hydrogen-bond acceptors (Lipinski definition) is 6. The van der Waals surface area contributed by atoms with Crippen LogP contribution in [0, 0.1) is 0 Å². The molecule has 0 aromatic heterocycles. The smallest absolute Gasteiger partial charge is 0.354 e. The van der Waals surface area contributed by atoms with Crippen LogP contribution in [-0.2, 0) is 19.1 Å². The lowest BCUT2D eigenvalue weighted by Gasteiger charge is -2.49. The molecule has 2 rings (SSSR count). The van der Waals surface area contributed by atoms with E-state index in [-0.39, 0.29) is 23.1 Å². The first-order valence-electron chi connectivity index (χ1n) is 5.59. The summed E-state index contributed by atoms with van der Waals surface area (Å²) >= 11 is 1.31. The average Bonchev–Trinajstić information content (AvgIpc) is 2.43. The second-order valence-electron chi connectivity index (χ2n) is 4.06. The zero-order valence-electron chi connectivity index (χ0n) is 10.7. The Morgan fingerprint density at radius 1 is 1.60 bits per heavy atom. The normalized spacial score (nSPS) is 24.3. The molecule has 1 N–H and O–H groups in total. The SMILES string of the molecule is COC(=O)C1=C(N=[N+]=[N-])CS[C@H]2[C@H](NC(C)=O)C(=O)N12. The number of β-lactam (4-membered cyclic amide) rings is 1. The number of carbonyl (C=O) groups is 3. The largest absolute Gasteiger partial charge is 0.464 e. The molecule has 1 fully saturated rings. The van der Waals surface area contributed by atoms with E-state index in [1.165, 1.54) is 30.7 Å². The van der Waals surface area contributed by atoms with Crippen LogP contribution in [0.3, 0.4) is 0 Å². The Morgan fingerprint density at radius 2 is 2.30 bits per heavy atom. The number of fused-ring (bicyclic) bond motifs is 1. The van der Waals surface area contributed by atoms with Gasteiger partial charge in [0.2, 0.25) is 5.91 Å². The Bertz CT molecular complexity index is 568. The number of nitrogens with one attached hydrogen (secondary N) is 1. The van der Waals surface area contributed by atoms with Crippen molar-refractivity contribution in [2.75, 3.05) is 12.9 Å². The van der Waals surface area contributed by atoms with Gasteiger partial charge in [-0.2, -0.15) is 0 Å². The molecule has 0 aliphatic carbocycles. The third-order valence-corrected chi connectivity index (χ3v) is 4.12. The summed E-state index contributed by atoms with van der Waals surface area (Å²) in [5, 5.41) is 5.56. The Kier molecular flexibility index (Phi) is 3.86. The molecule has 0 unspecified atom stereocenters. The van der Waals surface area contributed by atoms with Crippen LogP contribution in [0.1, 0.15) is 6.92 Å². The van der Waals surface area contributed by atoms with Crippen molar-refractivity contribution in [2.24, 2.45) is 5.11 Å². The predicted molar refractivity (Wildman–Crippen MR) is 68.9 cm³/mol. The monoisotopic (exact) mass is 297 g/mol. The number of ether oxygens (including phenoxy) is 1. The first kappa shape index (κ1) is 14.2. The van der Waals surface area contributed by atoms with Gasteiger partial charge in [-0.1, -0.05) is 5.11 Å². The van der Waals surface area contributed by atoms with Gasteiger partial charge in [0.25, 0.3) is 5.91 Å². The van der Waals surface area contributed by atoms with Crippen molar-refractivity contribution in [3.05, 3.63) is 21.8 Å². The summed E-state index contributed by atoms with van der Waals surface area (Å²) in [6, 6.07) is -0.676. The lowest BCUT2D eigenvalue weighted by atomic mass is 10.0. The topological polar surface area (TPSA) is 124 Å². The van der Waals surface area contributed by atoms with Crippen molar-refractivity contribution in [1.82, 2.24) is 10.2 Å². The van der Waals surface area contributed by atoms with Crippen LogP contribution in [0.25, 0.3) is 10.4 Å². The molecule has 0 spiro atoms. The van der Waals surface area contributed by atoms with E-state index in [1.807, 2.05) is 0 Å². The second-order valence-corrected chi connectivity index (χ2v) is 5.17. The van der Waals surface area contributed by atoms with E-state index in [9.17, 15) is 14.4 Å². The number of hydrogen-bond donors (Lipinski definition) is 1. The molecule has 2 heterocycles. The zero-order valence-corrected chi connectivity index (χ0v) is 11.5. The molecule has 0 aromatic rings. The number of thioether (sulfide) groups is 1. The van der Waals surface area contributed by atoms with E-state index in [0.717, 1.165) is 0 Å². The number of methoxy groups -OCH3 is 1. The minimum absolute atomic E-state index is 0.0550. The summed E-state index contributed by atoms with van der Waals surface area (Å²) in [6.45, 7) is 1.31. The molecular weight excluding hydrogens is 286 g/mol. The van der Waals surface area contributed by atoms with Gasteiger partial charge in [0.1, 0.15) is 17.1 Å². The third-order valence-electron chi connectivity index (χ3n) is 2.85. The van der Waals surface area contributed by atoms with Gasteiger partial charge in [-0.25, -0.2) is 4.79 Å². The number of azide groups is 1. The van der Waals surface area contributed by atoms with Crippen molar-refractivity contribution in [3.63, 3.8) is 0 Å². The van der Waals surface area contributed by atoms with E-state index >= 15 is 0 Å². The van der Waals surface area contributed by atoms with Crippen LogP contribution >= 0.6 is 11.8 Å². The molecular formula is C10H11N5O4S. The molecule has 0 radical (unpaired) electrons. The van der Waals surface area contributed by atoms with E-state index in [1.54, 1.807) is 0 Å². The molecule has 2 atom stereocenters. The summed E-state index contributed by atoms with van der Waals surface area (Å²) in [5.74, 6) is -1.23. The number of rotatable bonds is 3. The van der Waals surface area contributed by atoms with Crippen molar-refractivity contribution < 1.29 is 19.1 Å². The molecule has 20 heavy (non-hydrogen) atoms. The Labute approximate surface area is 117 Å². The first-order valence-corrected chi connectivity index (χ1v) is 6.64. The molecule has 2 aliphatic heterocycles. The van der Waals surface area contributed by atoms with Gasteiger partial charge in [0, 0.05) is 17.6 Å². The van der Waals surface area contributed by atoms with Crippen LogP contribution in [0.15, 0.2) is 16.5 Å². The fourth-order valence-electron chi connectivity index (χ4n) is 2.04. The summed E-state index contributed by atoms with van der Waals surface area (Å²) in [6.07, 6.45) is 0. The lowest BCUT2D eigenvalue weighted by Crippen LogP contribution is -2.70. The third kappa shape index (κ3) is 2.19. The van der Waals surface area contributed by atoms with Gasteiger partial charge >= 0.3 is 5.97 Å². The number of esters is 1. The van der Waals surface area contributed by atoms with Gasteiger partial charge in [0.15, 0.2) is 0 Å². The van der Waals surface area contributed by atoms with Crippen molar-refractivity contribution in [1.29, 1.82) is 0 Å². The van der Waals surface area contributed by atoms with E-state index in [2.05, 4.69) is 20.1 Å². The van der Waals surface area contributed by atoms with E-state index < -0.39 is 23.3 Å². The van der Waals surface area contributed by atoms with Crippen LogP contribution in [-0.4, -0.2) is 47.0 Å². The second kappa shape index (κ2) is 5.43. The van der Waals surface area contributed by atoms with Crippen LogP contribution in [0.5, 0.6) is 0 Å². The number of nitrogens with zero attached hydrogens (tertiary/aromatic N) is 4. The highest BCUT2D eigenvalue weighted by molar-refractivity contribution is 8.00. The predicted octanol–water partition coefficient (Wildman–Crippen LogP) is 0.101. The van der Waals surface area contributed by atoms with Gasteiger partial charge in [-0.15, -0.1) is 11.8 Å². The van der Waals surface area contributed by atoms with Crippen molar-refractivity contribution >= 4 is 29.5 Å². The summed E-state index contributed by atoms with van der Waals surface area (Å²) in [4.78, 5) is 38.7. The molecule has 10 heteroatoms. The maximum absolute atomic E-state index is 12.0. The molecule has 0 aromatic carbocycles. The fourth-order valence-corrected chi connectivity index (χ4v) is 3.30. The fraction of sp³-hybridized carbons (Fsp3) is 0.500. The quantitative estimate of drug-likeness (QED) is 0.260. The molecule has 2 aliphatic rings. The van der Waals surface area contributed by atoms with Gasteiger partial charge in [-0.3, -0.25) is 14.5 Å². The number of amides is 2. The molecule has 106 valence electrons. The van der Waals surface area contributed by atoms with E-state index in [4.69, 9.17) is 5.53 Å². The summed E-state index contributed by atoms with van der Waals surface area (Å²) in [5.41, 5.74) is 8.59. The standard InChI is InChI=1S/C10H11N5O4S/c1-4(16)12-6-8(17)15-7(10(18)19-2)5(13-14-11)3-20-9(6)15/h6,9H,3H2,1-2H3,(H,12,16)/t6-,9+/m1/s1. The first-order chi connectivity index (χ1) is 9.51. The zero-order chi connectivity index (χ0) is 14.9. The minimum atomic E-state index is -0.743. The molecule has 0 bridgehead atoms. The highest BCUT2D eigenvalue weighted by atomic mass is 32.2. The van der Waals surface area contributed by atoms with Crippen LogP contribution < -0.4 is 5.32 Å². The maximum Gasteiger partial charge on any atom is 0.354 e. The Hall–Kier alpha value is -2.19.